The lowest BCUT2D eigenvalue weighted by atomic mass is 9.73. The van der Waals surface area contributed by atoms with Crippen molar-refractivity contribution in [2.75, 3.05) is 20.2 Å². The molecule has 1 fully saturated rings. The van der Waals surface area contributed by atoms with Gasteiger partial charge in [-0.1, -0.05) is 36.4 Å². The molecule has 0 N–H and O–H groups in total. The van der Waals surface area contributed by atoms with Crippen LogP contribution < -0.4 is 10.3 Å². The number of pyridine rings is 1. The first-order chi connectivity index (χ1) is 19.7. The van der Waals surface area contributed by atoms with Crippen LogP contribution in [0.4, 0.5) is 0 Å². The Bertz CT molecular complexity index is 1910. The maximum Gasteiger partial charge on any atom is 0.250 e. The number of aryl methyl sites for hydroxylation is 2. The van der Waals surface area contributed by atoms with Gasteiger partial charge >= 0.3 is 0 Å². The second-order valence-corrected chi connectivity index (χ2v) is 12.8. The molecular formula is C32H32N4O4S. The summed E-state index contributed by atoms with van der Waals surface area (Å²) in [7, 11) is -0.472. The van der Waals surface area contributed by atoms with Gasteiger partial charge in [-0.3, -0.25) is 4.79 Å². The molecule has 0 saturated carbocycles. The Balaban J connectivity index is 1.44. The van der Waals surface area contributed by atoms with Gasteiger partial charge in [0.2, 0.25) is 15.6 Å². The minimum Gasteiger partial charge on any atom is -0.497 e. The van der Waals surface area contributed by atoms with Gasteiger partial charge < -0.3 is 9.30 Å². The van der Waals surface area contributed by atoms with E-state index in [1.165, 1.54) is 17.7 Å². The van der Waals surface area contributed by atoms with E-state index < -0.39 is 15.4 Å². The highest BCUT2D eigenvalue weighted by molar-refractivity contribution is 7.89. The largest absolute Gasteiger partial charge is 0.497 e. The Morgan fingerprint density at radius 3 is 2.56 bits per heavy atom. The first-order valence-electron chi connectivity index (χ1n) is 13.5. The summed E-state index contributed by atoms with van der Waals surface area (Å²) in [4.78, 5) is 12.2. The number of rotatable bonds is 7. The van der Waals surface area contributed by atoms with Gasteiger partial charge in [0.05, 0.1) is 29.4 Å². The van der Waals surface area contributed by atoms with Gasteiger partial charge in [0, 0.05) is 49.3 Å². The Morgan fingerprint density at radius 2 is 1.80 bits per heavy atom. The fourth-order valence-corrected chi connectivity index (χ4v) is 7.62. The van der Waals surface area contributed by atoms with Crippen molar-refractivity contribution < 1.29 is 13.2 Å². The molecule has 0 radical (unpaired) electrons. The van der Waals surface area contributed by atoms with Crippen LogP contribution in [-0.4, -0.2) is 47.3 Å². The van der Waals surface area contributed by atoms with E-state index in [1.54, 1.807) is 47.9 Å². The molecule has 1 unspecified atom stereocenters. The normalized spacial score (nSPS) is 17.7. The number of fused-ring (bicyclic) bond motifs is 1. The van der Waals surface area contributed by atoms with Crippen molar-refractivity contribution in [3.63, 3.8) is 0 Å². The summed E-state index contributed by atoms with van der Waals surface area (Å²) in [5.74, 6) is 0.512. The fraction of sp³-hybridized carbons (Fsp3) is 0.250. The third-order valence-electron chi connectivity index (χ3n) is 8.18. The van der Waals surface area contributed by atoms with Crippen LogP contribution in [0.3, 0.4) is 0 Å². The van der Waals surface area contributed by atoms with Crippen LogP contribution in [0.5, 0.6) is 5.75 Å². The highest BCUT2D eigenvalue weighted by Gasteiger charge is 2.45. The summed E-state index contributed by atoms with van der Waals surface area (Å²) in [6.45, 7) is 2.86. The second kappa shape index (κ2) is 10.3. The molecule has 0 amide bonds. The molecule has 1 aliphatic heterocycles. The zero-order chi connectivity index (χ0) is 28.8. The van der Waals surface area contributed by atoms with E-state index in [0.717, 1.165) is 33.3 Å². The third kappa shape index (κ3) is 4.85. The Morgan fingerprint density at radius 1 is 1.00 bits per heavy atom. The van der Waals surface area contributed by atoms with Crippen molar-refractivity contribution in [3.05, 3.63) is 118 Å². The van der Waals surface area contributed by atoms with Crippen LogP contribution >= 0.6 is 0 Å². The van der Waals surface area contributed by atoms with Gasteiger partial charge in [-0.25, -0.2) is 13.1 Å². The predicted octanol–water partition coefficient (Wildman–Crippen LogP) is 4.62. The maximum absolute atomic E-state index is 13.8. The van der Waals surface area contributed by atoms with Crippen molar-refractivity contribution in [2.45, 2.75) is 30.1 Å². The summed E-state index contributed by atoms with van der Waals surface area (Å²) in [6, 6.07) is 24.5. The minimum atomic E-state index is -3.73. The van der Waals surface area contributed by atoms with Crippen molar-refractivity contribution in [3.8, 4) is 11.4 Å². The first kappa shape index (κ1) is 27.0. The molecule has 1 aliphatic rings. The van der Waals surface area contributed by atoms with Gasteiger partial charge in [0.1, 0.15) is 5.75 Å². The van der Waals surface area contributed by atoms with Crippen LogP contribution in [0.1, 0.15) is 23.1 Å². The topological polar surface area (TPSA) is 86.4 Å². The van der Waals surface area contributed by atoms with E-state index >= 15 is 0 Å². The van der Waals surface area contributed by atoms with Gasteiger partial charge in [-0.15, -0.1) is 0 Å². The van der Waals surface area contributed by atoms with E-state index in [0.29, 0.717) is 31.7 Å². The van der Waals surface area contributed by atoms with Crippen molar-refractivity contribution in [2.24, 2.45) is 7.05 Å². The summed E-state index contributed by atoms with van der Waals surface area (Å²) < 4.78 is 37.9. The smallest absolute Gasteiger partial charge is 0.250 e. The molecule has 2 aromatic heterocycles. The number of aromatic nitrogens is 3. The first-order valence-corrected chi connectivity index (χ1v) is 15.0. The monoisotopic (exact) mass is 568 g/mol. The number of benzene rings is 3. The van der Waals surface area contributed by atoms with E-state index in [4.69, 9.17) is 4.74 Å². The molecule has 0 aliphatic carbocycles. The molecule has 0 bridgehead atoms. The molecule has 5 aromatic rings. The van der Waals surface area contributed by atoms with E-state index in [-0.39, 0.29) is 10.5 Å². The number of methoxy groups -OCH3 is 1. The Kier molecular flexibility index (Phi) is 6.79. The van der Waals surface area contributed by atoms with Crippen LogP contribution in [-0.2, 0) is 28.9 Å². The average molecular weight is 569 g/mol. The highest BCUT2D eigenvalue weighted by Crippen LogP contribution is 2.43. The molecule has 1 atom stereocenters. The zero-order valence-corrected chi connectivity index (χ0v) is 24.1. The van der Waals surface area contributed by atoms with Gasteiger partial charge in [-0.2, -0.15) is 9.40 Å². The molecule has 3 heterocycles. The number of hydrogen-bond donors (Lipinski definition) is 0. The summed E-state index contributed by atoms with van der Waals surface area (Å²) in [5, 5.41) is 5.60. The molecule has 41 heavy (non-hydrogen) atoms. The number of ether oxygens (including phenoxy) is 1. The van der Waals surface area contributed by atoms with Crippen LogP contribution in [0, 0.1) is 6.92 Å². The van der Waals surface area contributed by atoms with E-state index in [2.05, 4.69) is 36.3 Å². The van der Waals surface area contributed by atoms with Crippen LogP contribution in [0.15, 0.2) is 101 Å². The van der Waals surface area contributed by atoms with Crippen molar-refractivity contribution in [1.82, 2.24) is 18.7 Å². The molecule has 1 saturated heterocycles. The number of nitrogens with zero attached hydrogens (tertiary/aromatic N) is 4. The molecule has 3 aromatic carbocycles. The zero-order valence-electron chi connectivity index (χ0n) is 23.3. The Hall–Kier alpha value is -4.21. The maximum atomic E-state index is 13.8. The van der Waals surface area contributed by atoms with E-state index in [1.807, 2.05) is 29.1 Å². The molecule has 9 heteroatoms. The lowest BCUT2D eigenvalue weighted by molar-refractivity contribution is 0.408. The quantitative estimate of drug-likeness (QED) is 0.286. The highest BCUT2D eigenvalue weighted by atomic mass is 32.2. The SMILES string of the molecule is COc1cccc(S(=O)(=O)N2CCC(Cc3ccccc3)(c3cc4cnn(-c5ccc(=O)n(C)c5)c4cc3C)C2)c1. The minimum absolute atomic E-state index is 0.0822. The van der Waals surface area contributed by atoms with Crippen LogP contribution in [0.2, 0.25) is 0 Å². The molecule has 6 rings (SSSR count). The van der Waals surface area contributed by atoms with Crippen molar-refractivity contribution >= 4 is 20.9 Å². The Labute approximate surface area is 239 Å². The standard InChI is InChI=1S/C32H32N4O4S/c1-23-16-30-25(20-33-36(30)26-12-13-31(37)34(2)21-26)17-29(23)32(19-24-8-5-4-6-9-24)14-15-35(22-32)41(38,39)28-11-7-10-27(18-28)40-3/h4-13,16-18,20-21H,14-15,19,22H2,1-3H3. The van der Waals surface area contributed by atoms with Gasteiger partial charge in [0.25, 0.3) is 0 Å². The number of hydrogen-bond acceptors (Lipinski definition) is 5. The second-order valence-electron chi connectivity index (χ2n) is 10.8. The van der Waals surface area contributed by atoms with Gasteiger partial charge in [0.15, 0.2) is 0 Å². The predicted molar refractivity (Wildman–Crippen MR) is 159 cm³/mol. The molecular weight excluding hydrogens is 536 g/mol. The molecule has 0 spiro atoms. The van der Waals surface area contributed by atoms with Crippen LogP contribution in [0.25, 0.3) is 16.6 Å². The third-order valence-corrected chi connectivity index (χ3v) is 10.0. The lowest BCUT2D eigenvalue weighted by Crippen LogP contribution is -2.36. The summed E-state index contributed by atoms with van der Waals surface area (Å²) in [5.41, 5.74) is 4.57. The summed E-state index contributed by atoms with van der Waals surface area (Å²) >= 11 is 0. The average Bonchev–Trinajstić information content (AvgIpc) is 3.60. The van der Waals surface area contributed by atoms with E-state index in [9.17, 15) is 13.2 Å². The fourth-order valence-electron chi connectivity index (χ4n) is 6.06. The number of sulfonamides is 1. The lowest BCUT2D eigenvalue weighted by Gasteiger charge is -2.32. The summed E-state index contributed by atoms with van der Waals surface area (Å²) in [6.07, 6.45) is 5.00. The van der Waals surface area contributed by atoms with Gasteiger partial charge in [-0.05, 0) is 66.8 Å². The molecule has 8 nitrogen and oxygen atoms in total. The van der Waals surface area contributed by atoms with Crippen molar-refractivity contribution in [1.29, 1.82) is 0 Å². The molecule has 210 valence electrons.